The Hall–Kier alpha value is -3.85. The molecule has 0 rings (SSSR count). The lowest BCUT2D eigenvalue weighted by atomic mass is 10.0. The molecule has 0 aromatic carbocycles. The molecular weight excluding hydrogens is 966 g/mol. The SMILES string of the molecule is CC/C=C\C/C=C\C/C=C\C/C=C\C/C=C\C/C=C\CCCCCCCCCCCCCCC(=O)OC(COC(=O)CCCCCCC/C=C\C/C=C\C/C=C\C/C=C\C/C=C\CC)COP(=O)(O)OCC[N+](C)(C)C. The van der Waals surface area contributed by atoms with Crippen LogP contribution in [0.15, 0.2) is 134 Å². The van der Waals surface area contributed by atoms with Crippen LogP contribution in [0.4, 0.5) is 0 Å². The topological polar surface area (TPSA) is 108 Å². The van der Waals surface area contributed by atoms with Crippen LogP contribution in [0.5, 0.6) is 0 Å². The molecular formula is C66H111NO8P+. The molecule has 1 N–H and O–H groups in total. The monoisotopic (exact) mass is 1080 g/mol. The van der Waals surface area contributed by atoms with Crippen molar-refractivity contribution in [2.24, 2.45) is 0 Å². The van der Waals surface area contributed by atoms with Crippen LogP contribution >= 0.6 is 7.82 Å². The summed E-state index contributed by atoms with van der Waals surface area (Å²) in [5.74, 6) is -0.829. The van der Waals surface area contributed by atoms with Crippen molar-refractivity contribution < 1.29 is 42.1 Å². The van der Waals surface area contributed by atoms with Crippen molar-refractivity contribution >= 4 is 19.8 Å². The molecule has 2 atom stereocenters. The maximum absolute atomic E-state index is 12.8. The highest BCUT2D eigenvalue weighted by Gasteiger charge is 2.27. The van der Waals surface area contributed by atoms with Gasteiger partial charge < -0.3 is 18.9 Å². The van der Waals surface area contributed by atoms with Gasteiger partial charge in [0, 0.05) is 12.8 Å². The van der Waals surface area contributed by atoms with Gasteiger partial charge in [0.1, 0.15) is 19.8 Å². The minimum absolute atomic E-state index is 0.0208. The molecule has 0 aromatic rings. The zero-order valence-electron chi connectivity index (χ0n) is 48.9. The summed E-state index contributed by atoms with van der Waals surface area (Å²) in [5.41, 5.74) is 0. The molecule has 0 amide bonds. The van der Waals surface area contributed by atoms with Crippen molar-refractivity contribution in [1.29, 1.82) is 0 Å². The highest BCUT2D eigenvalue weighted by Crippen LogP contribution is 2.43. The van der Waals surface area contributed by atoms with E-state index >= 15 is 0 Å². The van der Waals surface area contributed by atoms with Gasteiger partial charge in [0.15, 0.2) is 6.10 Å². The van der Waals surface area contributed by atoms with Crippen molar-refractivity contribution in [3.8, 4) is 0 Å². The van der Waals surface area contributed by atoms with Gasteiger partial charge in [-0.1, -0.05) is 231 Å². The normalized spacial score (nSPS) is 14.2. The molecule has 0 aliphatic heterocycles. The van der Waals surface area contributed by atoms with Gasteiger partial charge in [-0.3, -0.25) is 18.6 Å². The Balaban J connectivity index is 4.20. The number of carbonyl (C=O) groups is 2. The van der Waals surface area contributed by atoms with Crippen molar-refractivity contribution in [3.05, 3.63) is 134 Å². The molecule has 432 valence electrons. The largest absolute Gasteiger partial charge is 0.472 e. The van der Waals surface area contributed by atoms with Gasteiger partial charge >= 0.3 is 19.8 Å². The maximum Gasteiger partial charge on any atom is 0.472 e. The highest BCUT2D eigenvalue weighted by molar-refractivity contribution is 7.47. The predicted octanol–water partition coefficient (Wildman–Crippen LogP) is 18.9. The Morgan fingerprint density at radius 3 is 1.05 bits per heavy atom. The molecule has 0 aliphatic carbocycles. The summed E-state index contributed by atoms with van der Waals surface area (Å²) < 4.78 is 34.6. The Morgan fingerprint density at radius 2 is 0.711 bits per heavy atom. The Morgan fingerprint density at radius 1 is 0.408 bits per heavy atom. The number of rotatable bonds is 53. The van der Waals surface area contributed by atoms with Crippen LogP contribution in [0, 0.1) is 0 Å². The van der Waals surface area contributed by atoms with Gasteiger partial charge in [0.05, 0.1) is 27.7 Å². The molecule has 0 fully saturated rings. The number of carbonyl (C=O) groups excluding carboxylic acids is 2. The van der Waals surface area contributed by atoms with Crippen LogP contribution in [0.3, 0.4) is 0 Å². The summed E-state index contributed by atoms with van der Waals surface area (Å²) in [7, 11) is 1.45. The number of nitrogens with zero attached hydrogens (tertiary/aromatic N) is 1. The predicted molar refractivity (Wildman–Crippen MR) is 325 cm³/mol. The third-order valence-electron chi connectivity index (χ3n) is 12.2. The van der Waals surface area contributed by atoms with Crippen molar-refractivity contribution in [3.63, 3.8) is 0 Å². The zero-order chi connectivity index (χ0) is 55.6. The van der Waals surface area contributed by atoms with E-state index in [1.54, 1.807) is 0 Å². The van der Waals surface area contributed by atoms with Crippen LogP contribution in [-0.2, 0) is 32.7 Å². The number of allylic oxidation sites excluding steroid dienone is 22. The number of likely N-dealkylation sites (N-methyl/N-ethyl adjacent to an activating group) is 1. The lowest BCUT2D eigenvalue weighted by Crippen LogP contribution is -2.37. The van der Waals surface area contributed by atoms with Crippen molar-refractivity contribution in [1.82, 2.24) is 0 Å². The van der Waals surface area contributed by atoms with E-state index in [1.165, 1.54) is 57.8 Å². The molecule has 0 aliphatic rings. The second-order valence-corrected chi connectivity index (χ2v) is 22.1. The quantitative estimate of drug-likeness (QED) is 0.0211. The first-order chi connectivity index (χ1) is 37.0. The van der Waals surface area contributed by atoms with E-state index < -0.39 is 26.5 Å². The number of phosphoric ester groups is 1. The first-order valence-electron chi connectivity index (χ1n) is 29.9. The van der Waals surface area contributed by atoms with E-state index in [4.69, 9.17) is 18.5 Å². The van der Waals surface area contributed by atoms with Crippen LogP contribution in [0.1, 0.15) is 219 Å². The summed E-state index contributed by atoms with van der Waals surface area (Å²) in [6.07, 6.45) is 80.9. The summed E-state index contributed by atoms with van der Waals surface area (Å²) >= 11 is 0. The zero-order valence-corrected chi connectivity index (χ0v) is 49.8. The van der Waals surface area contributed by atoms with Crippen molar-refractivity contribution in [2.45, 2.75) is 225 Å². The van der Waals surface area contributed by atoms with Crippen molar-refractivity contribution in [2.75, 3.05) is 47.5 Å². The molecule has 76 heavy (non-hydrogen) atoms. The number of quaternary nitrogens is 1. The van der Waals surface area contributed by atoms with Gasteiger partial charge in [0.2, 0.25) is 0 Å². The number of ether oxygens (including phenoxy) is 2. The molecule has 2 unspecified atom stereocenters. The highest BCUT2D eigenvalue weighted by atomic mass is 31.2. The second kappa shape index (κ2) is 55.9. The average molecular weight is 1080 g/mol. The first kappa shape index (κ1) is 72.2. The lowest BCUT2D eigenvalue weighted by molar-refractivity contribution is -0.870. The summed E-state index contributed by atoms with van der Waals surface area (Å²) in [5, 5.41) is 0. The number of esters is 2. The molecule has 0 saturated heterocycles. The second-order valence-electron chi connectivity index (χ2n) is 20.6. The summed E-state index contributed by atoms with van der Waals surface area (Å²) in [6, 6.07) is 0. The molecule has 0 aromatic heterocycles. The van der Waals surface area contributed by atoms with E-state index in [0.29, 0.717) is 23.9 Å². The fourth-order valence-corrected chi connectivity index (χ4v) is 8.37. The van der Waals surface area contributed by atoms with Gasteiger partial charge in [-0.2, -0.15) is 0 Å². The number of hydrogen-bond donors (Lipinski definition) is 1. The van der Waals surface area contributed by atoms with E-state index in [2.05, 4.69) is 148 Å². The van der Waals surface area contributed by atoms with Gasteiger partial charge in [0.25, 0.3) is 0 Å². The smallest absolute Gasteiger partial charge is 0.462 e. The van der Waals surface area contributed by atoms with Gasteiger partial charge in [-0.15, -0.1) is 0 Å². The Labute approximate surface area is 466 Å². The number of phosphoric acid groups is 1. The van der Waals surface area contributed by atoms with E-state index in [9.17, 15) is 19.0 Å². The minimum Gasteiger partial charge on any atom is -0.462 e. The summed E-state index contributed by atoms with van der Waals surface area (Å²) in [4.78, 5) is 35.7. The number of unbranched alkanes of at least 4 members (excludes halogenated alkanes) is 17. The first-order valence-corrected chi connectivity index (χ1v) is 31.4. The maximum atomic E-state index is 12.8. The van der Waals surface area contributed by atoms with Crippen LogP contribution in [0.2, 0.25) is 0 Å². The number of hydrogen-bond acceptors (Lipinski definition) is 7. The third-order valence-corrected chi connectivity index (χ3v) is 13.2. The molecule has 0 saturated carbocycles. The summed E-state index contributed by atoms with van der Waals surface area (Å²) in [6.45, 7) is 4.17. The van der Waals surface area contributed by atoms with Crippen LogP contribution in [0.25, 0.3) is 0 Å². The average Bonchev–Trinajstić information content (AvgIpc) is 3.38. The van der Waals surface area contributed by atoms with E-state index in [-0.39, 0.29) is 32.0 Å². The fourth-order valence-electron chi connectivity index (χ4n) is 7.63. The van der Waals surface area contributed by atoms with Gasteiger partial charge in [-0.05, 0) is 109 Å². The van der Waals surface area contributed by atoms with E-state index in [0.717, 1.165) is 122 Å². The van der Waals surface area contributed by atoms with E-state index in [1.807, 2.05) is 21.1 Å². The molecule has 0 spiro atoms. The molecule has 0 radical (unpaired) electrons. The molecule has 0 bridgehead atoms. The lowest BCUT2D eigenvalue weighted by Gasteiger charge is -2.24. The van der Waals surface area contributed by atoms with Gasteiger partial charge in [-0.25, -0.2) is 4.57 Å². The Bertz CT molecular complexity index is 1740. The minimum atomic E-state index is -4.40. The van der Waals surface area contributed by atoms with Crippen LogP contribution in [-0.4, -0.2) is 74.9 Å². The molecule has 10 heteroatoms. The standard InChI is InChI=1S/C66H110NO8P/c1-6-8-10-12-14-16-18-20-22-24-26-28-29-30-31-32-33-34-35-36-37-39-41-43-45-47-49-51-53-55-57-59-66(69)75-64(63-74-76(70,71)73-61-60-67(3,4)5)62-72-65(68)58-56-54-52-50-48-46-44-42-40-38-27-25-23-21-19-17-15-13-11-9-7-2/h8-11,14-17,20-23,26-28,30-31,33-34,38,42,44,64H,6-7,12-13,18-19,24-25,29,32,35-37,39-41,43,45-63H2,1-5H3/p+1/b10-8-,11-9-,16-14-,17-15-,22-20-,23-21-,28-26-,31-30-,34-33-,38-27-,44-42-. The molecule has 9 nitrogen and oxygen atoms in total. The van der Waals surface area contributed by atoms with Crippen LogP contribution < -0.4 is 0 Å². The fraction of sp³-hybridized carbons (Fsp3) is 0.636. The molecule has 0 heterocycles. The Kier molecular flexibility index (Phi) is 53.1. The third kappa shape index (κ3) is 59.4.